The van der Waals surface area contributed by atoms with Gasteiger partial charge in [0.1, 0.15) is 22.1 Å². The zero-order valence-corrected chi connectivity index (χ0v) is 11.4. The fourth-order valence-corrected chi connectivity index (χ4v) is 1.57. The van der Waals surface area contributed by atoms with Crippen molar-refractivity contribution < 1.29 is 9.59 Å². The molecule has 0 spiro atoms. The second-order valence-corrected chi connectivity index (χ2v) is 3.90. The summed E-state index contributed by atoms with van der Waals surface area (Å²) in [6.45, 7) is 0. The lowest BCUT2D eigenvalue weighted by atomic mass is 10.3. The zero-order chi connectivity index (χ0) is 15.6. The highest BCUT2D eigenvalue weighted by molar-refractivity contribution is 6.09. The summed E-state index contributed by atoms with van der Waals surface area (Å²) in [6, 6.07) is 15.4. The van der Waals surface area contributed by atoms with E-state index in [9.17, 15) is 0 Å². The van der Waals surface area contributed by atoms with Gasteiger partial charge < -0.3 is 0 Å². The molecule has 2 aromatic carbocycles. The third-order valence-corrected chi connectivity index (χ3v) is 2.50. The molecule has 0 aliphatic heterocycles. The molecule has 0 amide bonds. The zero-order valence-electron chi connectivity index (χ0n) is 11.4. The van der Waals surface area contributed by atoms with Crippen molar-refractivity contribution in [1.29, 1.82) is 0 Å². The molecule has 0 fully saturated rings. The minimum atomic E-state index is 0.194. The Balaban J connectivity index is 0.000000131. The number of para-hydroxylation sites is 4. The fraction of sp³-hybridized carbons (Fsp3) is 0. The number of hydrogen-bond acceptors (Lipinski definition) is 6. The summed E-state index contributed by atoms with van der Waals surface area (Å²) in [5.74, 6) is 0. The van der Waals surface area contributed by atoms with Gasteiger partial charge in [0, 0.05) is 0 Å². The minimum absolute atomic E-state index is 0.194. The monoisotopic (exact) mass is 296 g/mol. The Morgan fingerprint density at radius 3 is 1.09 bits per heavy atom. The third kappa shape index (κ3) is 4.04. The second-order valence-electron chi connectivity index (χ2n) is 3.90. The molecule has 0 aliphatic rings. The summed E-state index contributed by atoms with van der Waals surface area (Å²) in [6.07, 6.45) is 0.389. The van der Waals surface area contributed by atoms with E-state index >= 15 is 0 Å². The lowest BCUT2D eigenvalue weighted by molar-refractivity contribution is -0.122. The highest BCUT2D eigenvalue weighted by Crippen LogP contribution is 2.04. The van der Waals surface area contributed by atoms with Gasteiger partial charge in [0.2, 0.25) is 0 Å². The first-order chi connectivity index (χ1) is 10.8. The van der Waals surface area contributed by atoms with E-state index in [1.807, 2.05) is 48.5 Å². The van der Waals surface area contributed by atoms with Gasteiger partial charge in [0.25, 0.3) is 0 Å². The number of H-pyrrole nitrogens is 2. The first-order valence-electron chi connectivity index (χ1n) is 6.25. The molecule has 0 saturated heterocycles. The van der Waals surface area contributed by atoms with Gasteiger partial charge in [-0.3, -0.25) is 9.59 Å². The molecule has 0 radical (unpaired) electrons. The van der Waals surface area contributed by atoms with E-state index in [0.717, 1.165) is 22.1 Å². The van der Waals surface area contributed by atoms with E-state index < -0.39 is 0 Å². The molecule has 0 saturated carbocycles. The van der Waals surface area contributed by atoms with E-state index in [2.05, 4.69) is 30.8 Å². The van der Waals surface area contributed by atoms with E-state index in [-0.39, 0.29) is 12.6 Å². The number of rotatable bonds is 1. The molecular formula is C14H12N6O2. The fourth-order valence-electron chi connectivity index (χ4n) is 1.57. The average Bonchev–Trinajstić information content (AvgIpc) is 3.24. The van der Waals surface area contributed by atoms with Gasteiger partial charge in [-0.1, -0.05) is 24.3 Å². The van der Waals surface area contributed by atoms with Gasteiger partial charge in [0.05, 0.1) is 0 Å². The van der Waals surface area contributed by atoms with Crippen molar-refractivity contribution in [3.05, 3.63) is 48.5 Å². The topological polar surface area (TPSA) is 117 Å². The number of benzene rings is 2. The Morgan fingerprint density at radius 1 is 0.591 bits per heavy atom. The summed E-state index contributed by atoms with van der Waals surface area (Å²) in [5, 5.41) is 20.6. The van der Waals surface area contributed by atoms with Crippen molar-refractivity contribution in [3.63, 3.8) is 0 Å². The molecule has 22 heavy (non-hydrogen) atoms. The van der Waals surface area contributed by atoms with Crippen LogP contribution < -0.4 is 0 Å². The average molecular weight is 296 g/mol. The molecule has 2 heterocycles. The third-order valence-electron chi connectivity index (χ3n) is 2.50. The van der Waals surface area contributed by atoms with E-state index in [0.29, 0.717) is 0 Å². The van der Waals surface area contributed by atoms with Crippen molar-refractivity contribution in [2.75, 3.05) is 0 Å². The summed E-state index contributed by atoms with van der Waals surface area (Å²) in [4.78, 5) is 17.6. The molecule has 110 valence electrons. The van der Waals surface area contributed by atoms with Crippen LogP contribution in [0.3, 0.4) is 0 Å². The molecule has 0 bridgehead atoms. The van der Waals surface area contributed by atoms with Gasteiger partial charge >= 0.3 is 0 Å². The molecule has 8 nitrogen and oxygen atoms in total. The lowest BCUT2D eigenvalue weighted by Gasteiger charge is -1.78. The summed E-state index contributed by atoms with van der Waals surface area (Å²) < 4.78 is 0. The number of hydrogen-bond donors (Lipinski definition) is 2. The largest absolute Gasteiger partial charge is 0.295 e. The van der Waals surface area contributed by atoms with Crippen molar-refractivity contribution in [2.24, 2.45) is 0 Å². The SMILES string of the molecule is O=CC=O.c1ccc2n[nH]nc2c1.c1ccc2n[nH]nc2c1. The summed E-state index contributed by atoms with van der Waals surface area (Å²) >= 11 is 0. The van der Waals surface area contributed by atoms with Crippen LogP contribution in [0.5, 0.6) is 0 Å². The van der Waals surface area contributed by atoms with Crippen LogP contribution in [0, 0.1) is 0 Å². The molecule has 2 N–H and O–H groups in total. The lowest BCUT2D eigenvalue weighted by Crippen LogP contribution is -1.63. The normalized spacial score (nSPS) is 9.27. The maximum atomic E-state index is 8.81. The maximum Gasteiger partial charge on any atom is 0.182 e. The van der Waals surface area contributed by atoms with E-state index in [1.165, 1.54) is 0 Å². The number of carbonyl (C=O) groups is 2. The number of aldehydes is 2. The predicted octanol–water partition coefficient (Wildman–Crippen LogP) is 1.30. The van der Waals surface area contributed by atoms with Crippen molar-refractivity contribution in [3.8, 4) is 0 Å². The minimum Gasteiger partial charge on any atom is -0.295 e. The summed E-state index contributed by atoms with van der Waals surface area (Å²) in [5.41, 5.74) is 3.66. The number of nitrogens with zero attached hydrogens (tertiary/aromatic N) is 4. The Bertz CT molecular complexity index is 722. The molecule has 4 rings (SSSR count). The van der Waals surface area contributed by atoms with Gasteiger partial charge in [-0.2, -0.15) is 30.8 Å². The van der Waals surface area contributed by atoms with Gasteiger partial charge in [0.15, 0.2) is 12.6 Å². The maximum absolute atomic E-state index is 8.81. The molecular weight excluding hydrogens is 284 g/mol. The van der Waals surface area contributed by atoms with Crippen LogP contribution in [-0.4, -0.2) is 43.4 Å². The standard InChI is InChI=1S/2C6H5N3.C2H2O2/c2*1-2-4-6-5(3-1)7-9-8-6;3-1-2-4/h2*1-4H,(H,7,8,9);1-2H. The molecule has 0 aliphatic carbocycles. The van der Waals surface area contributed by atoms with Crippen LogP contribution in [0.4, 0.5) is 0 Å². The highest BCUT2D eigenvalue weighted by Gasteiger charge is 1.91. The molecule has 2 aromatic heterocycles. The van der Waals surface area contributed by atoms with Crippen molar-refractivity contribution >= 4 is 34.6 Å². The molecule has 8 heteroatoms. The number of fused-ring (bicyclic) bond motifs is 2. The number of aromatic amines is 2. The van der Waals surface area contributed by atoms with Crippen LogP contribution in [0.25, 0.3) is 22.1 Å². The van der Waals surface area contributed by atoms with Crippen LogP contribution >= 0.6 is 0 Å². The Kier molecular flexibility index (Phi) is 5.45. The van der Waals surface area contributed by atoms with Gasteiger partial charge in [-0.05, 0) is 24.3 Å². The van der Waals surface area contributed by atoms with Crippen molar-refractivity contribution in [2.45, 2.75) is 0 Å². The smallest absolute Gasteiger partial charge is 0.182 e. The quantitative estimate of drug-likeness (QED) is 0.404. The molecule has 4 aromatic rings. The first-order valence-corrected chi connectivity index (χ1v) is 6.25. The van der Waals surface area contributed by atoms with Crippen LogP contribution in [0.15, 0.2) is 48.5 Å². The Hall–Kier alpha value is -3.42. The Labute approximate surface area is 124 Å². The first kappa shape index (κ1) is 15.0. The number of aromatic nitrogens is 6. The van der Waals surface area contributed by atoms with Crippen molar-refractivity contribution in [1.82, 2.24) is 30.8 Å². The molecule has 0 unspecified atom stereocenters. The van der Waals surface area contributed by atoms with Gasteiger partial charge in [-0.15, -0.1) is 0 Å². The Morgan fingerprint density at radius 2 is 0.864 bits per heavy atom. The van der Waals surface area contributed by atoms with E-state index in [4.69, 9.17) is 9.59 Å². The van der Waals surface area contributed by atoms with Gasteiger partial charge in [-0.25, -0.2) is 0 Å². The molecule has 0 atom stereocenters. The highest BCUT2D eigenvalue weighted by atomic mass is 16.2. The van der Waals surface area contributed by atoms with Crippen LogP contribution in [0.2, 0.25) is 0 Å². The number of nitrogens with one attached hydrogen (secondary N) is 2. The predicted molar refractivity (Wildman–Crippen MR) is 79.9 cm³/mol. The second kappa shape index (κ2) is 8.00. The van der Waals surface area contributed by atoms with Crippen LogP contribution in [-0.2, 0) is 9.59 Å². The summed E-state index contributed by atoms with van der Waals surface area (Å²) in [7, 11) is 0. The van der Waals surface area contributed by atoms with E-state index in [1.54, 1.807) is 0 Å². The number of carbonyl (C=O) groups excluding carboxylic acids is 2. The van der Waals surface area contributed by atoms with Crippen LogP contribution in [0.1, 0.15) is 0 Å².